The van der Waals surface area contributed by atoms with Gasteiger partial charge >= 0.3 is 7.82 Å². The summed E-state index contributed by atoms with van der Waals surface area (Å²) in [4.78, 5) is 23.9. The van der Waals surface area contributed by atoms with Gasteiger partial charge in [0.25, 0.3) is 5.56 Å². The number of H-pyrrole nitrogens is 1. The lowest BCUT2D eigenvalue weighted by molar-refractivity contribution is -0.0978. The Bertz CT molecular complexity index is 1000. The highest BCUT2D eigenvalue weighted by Gasteiger charge is 2.53. The molecule has 0 amide bonds. The molecule has 1 aromatic rings. The topological polar surface area (TPSA) is 169 Å². The maximum atomic E-state index is 12.4. The van der Waals surface area contributed by atoms with Crippen LogP contribution in [0.4, 0.5) is 0 Å². The number of hydrogen-bond donors (Lipinski definition) is 5. The lowest BCUT2D eigenvalue weighted by atomic mass is 9.96. The first-order valence-electron chi connectivity index (χ1n) is 14.2. The quantitative estimate of drug-likeness (QED) is 0.0826. The molecular weight excluding hydrogens is 545 g/mol. The molecule has 3 unspecified atom stereocenters. The second-order valence-corrected chi connectivity index (χ2v) is 12.6. The van der Waals surface area contributed by atoms with Crippen molar-refractivity contribution in [2.45, 2.75) is 127 Å². The zero-order valence-electron chi connectivity index (χ0n) is 23.3. The fourth-order valence-electron chi connectivity index (χ4n) is 4.72. The van der Waals surface area contributed by atoms with E-state index < -0.39 is 50.1 Å². The van der Waals surface area contributed by atoms with Crippen LogP contribution in [0.3, 0.4) is 0 Å². The lowest BCUT2D eigenvalue weighted by Gasteiger charge is -2.27. The fourth-order valence-corrected chi connectivity index (χ4v) is 5.76. The number of aromatic nitrogens is 2. The highest BCUT2D eigenvalue weighted by molar-refractivity contribution is 7.71. The number of aliphatic hydroxyl groups excluding tert-OH is 1. The van der Waals surface area contributed by atoms with Crippen LogP contribution in [0.5, 0.6) is 0 Å². The Kier molecular flexibility index (Phi) is 15.0. The van der Waals surface area contributed by atoms with Gasteiger partial charge in [0, 0.05) is 18.3 Å². The Labute approximate surface area is 236 Å². The summed E-state index contributed by atoms with van der Waals surface area (Å²) in [5.41, 5.74) is 3.80. The summed E-state index contributed by atoms with van der Waals surface area (Å²) in [5, 5.41) is 21.3. The van der Waals surface area contributed by atoms with Crippen LogP contribution in [0, 0.1) is 4.77 Å². The van der Waals surface area contributed by atoms with Gasteiger partial charge in [0.2, 0.25) is 0 Å². The molecule has 0 bridgehead atoms. The van der Waals surface area contributed by atoms with Crippen LogP contribution < -0.4 is 11.3 Å². The minimum absolute atomic E-state index is 0.0140. The van der Waals surface area contributed by atoms with E-state index in [4.69, 9.17) is 31.7 Å². The fraction of sp³-hybridized carbons (Fsp3) is 0.846. The third-order valence-electron chi connectivity index (χ3n) is 7.14. The van der Waals surface area contributed by atoms with E-state index in [-0.39, 0.29) is 11.4 Å². The predicted molar refractivity (Wildman–Crippen MR) is 152 cm³/mol. The van der Waals surface area contributed by atoms with Crippen molar-refractivity contribution in [2.75, 3.05) is 13.2 Å². The number of phosphoric acid groups is 1. The Balaban J connectivity index is 1.63. The molecule has 2 rings (SSSR count). The zero-order chi connectivity index (χ0) is 28.9. The molecule has 0 aliphatic carbocycles. The Hall–Kier alpha value is -0.950. The molecule has 1 aromatic heterocycles. The van der Waals surface area contributed by atoms with Gasteiger partial charge in [-0.05, 0) is 25.6 Å². The number of nitrogens with one attached hydrogen (secondary N) is 1. The third kappa shape index (κ3) is 11.8. The van der Waals surface area contributed by atoms with E-state index in [1.165, 1.54) is 81.5 Å². The maximum Gasteiger partial charge on any atom is 0.472 e. The highest BCUT2D eigenvalue weighted by atomic mass is 32.1. The second kappa shape index (κ2) is 17.1. The van der Waals surface area contributed by atoms with E-state index in [2.05, 4.69) is 11.9 Å². The molecule has 6 atom stereocenters. The van der Waals surface area contributed by atoms with Crippen molar-refractivity contribution in [1.82, 2.24) is 9.55 Å². The molecule has 226 valence electrons. The van der Waals surface area contributed by atoms with Crippen molar-refractivity contribution in [3.05, 3.63) is 27.4 Å². The Morgan fingerprint density at radius 1 is 1.13 bits per heavy atom. The number of hydrogen-bond acceptors (Lipinski definition) is 9. The van der Waals surface area contributed by atoms with E-state index in [1.807, 2.05) is 0 Å². The molecule has 13 heteroatoms. The maximum absolute atomic E-state index is 12.4. The van der Waals surface area contributed by atoms with Gasteiger partial charge in [0.15, 0.2) is 11.0 Å². The second-order valence-electron chi connectivity index (χ2n) is 10.7. The molecule has 1 aliphatic rings. The van der Waals surface area contributed by atoms with E-state index in [0.717, 1.165) is 19.3 Å². The van der Waals surface area contributed by atoms with Gasteiger partial charge in [0.05, 0.1) is 13.2 Å². The summed E-state index contributed by atoms with van der Waals surface area (Å²) >= 11 is 5.11. The number of ether oxygens (including phenoxy) is 1. The van der Waals surface area contributed by atoms with Crippen LogP contribution in [-0.4, -0.2) is 61.7 Å². The number of nitrogens with two attached hydrogens (primary N) is 1. The summed E-state index contributed by atoms with van der Waals surface area (Å²) in [6.07, 6.45) is 13.1. The minimum atomic E-state index is -4.47. The summed E-state index contributed by atoms with van der Waals surface area (Å²) in [7, 11) is -4.47. The number of phosphoric ester groups is 1. The molecule has 0 saturated carbocycles. The number of aliphatic hydroxyl groups is 2. The molecule has 0 aromatic carbocycles. The van der Waals surface area contributed by atoms with Crippen LogP contribution in [0.25, 0.3) is 0 Å². The minimum Gasteiger partial charge on any atom is -0.387 e. The molecule has 0 radical (unpaired) electrons. The largest absolute Gasteiger partial charge is 0.472 e. The molecule has 1 fully saturated rings. The average Bonchev–Trinajstić information content (AvgIpc) is 3.10. The molecule has 0 spiro atoms. The Morgan fingerprint density at radius 2 is 1.69 bits per heavy atom. The number of aromatic amines is 1. The van der Waals surface area contributed by atoms with Crippen LogP contribution in [0.15, 0.2) is 17.1 Å². The van der Waals surface area contributed by atoms with Gasteiger partial charge < -0.3 is 25.6 Å². The summed E-state index contributed by atoms with van der Waals surface area (Å²) in [6.45, 7) is 2.90. The normalized spacial score (nSPS) is 25.5. The van der Waals surface area contributed by atoms with Crippen molar-refractivity contribution < 1.29 is 33.5 Å². The van der Waals surface area contributed by atoms with Gasteiger partial charge in [-0.1, -0.05) is 84.0 Å². The standard InChI is InChI=1S/C26H48N3O8PS/c1-3-4-5-6-7-8-9-10-11-12-13-14-15-20(27)18-35-38(33,34)36-19-21-23(31)26(2,32)24(37-21)29-17-16-22(30)28-25(29)39/h16-17,20-21,23-24,31-32H,3-15,18-19,27H2,1-2H3,(H,33,34)(H,28,30,39)/t20?,21-,23+,24-,26?/m1/s1. The molecule has 1 saturated heterocycles. The van der Waals surface area contributed by atoms with Gasteiger partial charge in [0.1, 0.15) is 17.8 Å². The van der Waals surface area contributed by atoms with Crippen molar-refractivity contribution in [3.63, 3.8) is 0 Å². The van der Waals surface area contributed by atoms with Crippen LogP contribution >= 0.6 is 20.0 Å². The zero-order valence-corrected chi connectivity index (χ0v) is 25.0. The van der Waals surface area contributed by atoms with Crippen LogP contribution in [0.1, 0.15) is 104 Å². The predicted octanol–water partition coefficient (Wildman–Crippen LogP) is 4.47. The SMILES string of the molecule is CCCCCCCCCCCCCCC(N)COP(=O)(O)OC[C@H]1O[C@@H](n2ccc(=O)[nH]c2=S)C(C)(O)[C@H]1O. The molecule has 2 heterocycles. The highest BCUT2D eigenvalue weighted by Crippen LogP contribution is 2.45. The van der Waals surface area contributed by atoms with Crippen molar-refractivity contribution in [2.24, 2.45) is 5.73 Å². The number of rotatable bonds is 20. The van der Waals surface area contributed by atoms with E-state index in [9.17, 15) is 24.5 Å². The van der Waals surface area contributed by atoms with E-state index in [0.29, 0.717) is 6.42 Å². The molecule has 39 heavy (non-hydrogen) atoms. The molecule has 1 aliphatic heterocycles. The van der Waals surface area contributed by atoms with Crippen molar-refractivity contribution >= 4 is 20.0 Å². The summed E-state index contributed by atoms with van der Waals surface area (Å²) < 4.78 is 29.4. The van der Waals surface area contributed by atoms with Gasteiger partial charge in [-0.3, -0.25) is 23.4 Å². The smallest absolute Gasteiger partial charge is 0.387 e. The first kappa shape index (κ1) is 34.3. The molecule has 11 nitrogen and oxygen atoms in total. The van der Waals surface area contributed by atoms with Crippen molar-refractivity contribution in [1.29, 1.82) is 0 Å². The van der Waals surface area contributed by atoms with Crippen molar-refractivity contribution in [3.8, 4) is 0 Å². The van der Waals surface area contributed by atoms with Gasteiger partial charge in [-0.25, -0.2) is 4.57 Å². The van der Waals surface area contributed by atoms with E-state index >= 15 is 0 Å². The van der Waals surface area contributed by atoms with Crippen LogP contribution in [-0.2, 0) is 18.3 Å². The Morgan fingerprint density at radius 3 is 2.26 bits per heavy atom. The monoisotopic (exact) mass is 593 g/mol. The molecular formula is C26H48N3O8PS. The first-order valence-corrected chi connectivity index (χ1v) is 16.1. The molecule has 6 N–H and O–H groups in total. The average molecular weight is 594 g/mol. The lowest BCUT2D eigenvalue weighted by Crippen LogP contribution is -2.44. The first-order chi connectivity index (χ1) is 18.5. The number of nitrogens with zero attached hydrogens (tertiary/aromatic N) is 1. The summed E-state index contributed by atoms with van der Waals surface area (Å²) in [5.74, 6) is 0. The van der Waals surface area contributed by atoms with Gasteiger partial charge in [-0.15, -0.1) is 0 Å². The van der Waals surface area contributed by atoms with E-state index in [1.54, 1.807) is 0 Å². The van der Waals surface area contributed by atoms with Crippen LogP contribution in [0.2, 0.25) is 0 Å². The third-order valence-corrected chi connectivity index (χ3v) is 8.40. The van der Waals surface area contributed by atoms with Gasteiger partial charge in [-0.2, -0.15) is 0 Å². The summed E-state index contributed by atoms with van der Waals surface area (Å²) in [6, 6.07) is 0.791. The number of unbranched alkanes of at least 4 members (excludes halogenated alkanes) is 11.